The second-order valence-corrected chi connectivity index (χ2v) is 10.7. The number of allylic oxidation sites excluding steroid dienone is 2. The summed E-state index contributed by atoms with van der Waals surface area (Å²) in [7, 11) is 0. The van der Waals surface area contributed by atoms with Crippen LogP contribution in [0.1, 0.15) is 49.3 Å². The Balaban J connectivity index is 1.59. The van der Waals surface area contributed by atoms with Crippen molar-refractivity contribution in [1.82, 2.24) is 9.97 Å². The number of carbonyl (C=O) groups is 1. The average Bonchev–Trinajstić information content (AvgIpc) is 2.81. The SMILES string of the molecule is CC1(C)CC(=O)C2=C(C1)Nc1nc(SCc3ccccc3F)[nH]c(=O)c1[C@@H]2c1ccc([N+](=O)[O-])cc1. The van der Waals surface area contributed by atoms with E-state index in [0.29, 0.717) is 46.2 Å². The smallest absolute Gasteiger partial charge is 0.269 e. The van der Waals surface area contributed by atoms with Crippen LogP contribution in [-0.4, -0.2) is 20.7 Å². The van der Waals surface area contributed by atoms with Crippen LogP contribution in [0, 0.1) is 21.3 Å². The summed E-state index contributed by atoms with van der Waals surface area (Å²) in [6.07, 6.45) is 0.914. The van der Waals surface area contributed by atoms with Crippen LogP contribution < -0.4 is 10.9 Å². The molecule has 10 heteroatoms. The van der Waals surface area contributed by atoms with E-state index in [1.54, 1.807) is 30.3 Å². The van der Waals surface area contributed by atoms with Crippen molar-refractivity contribution >= 4 is 29.1 Å². The summed E-state index contributed by atoms with van der Waals surface area (Å²) in [5.74, 6) is -0.496. The van der Waals surface area contributed by atoms with Gasteiger partial charge in [-0.25, -0.2) is 9.37 Å². The number of ketones is 1. The highest BCUT2D eigenvalue weighted by Gasteiger charge is 2.42. The minimum atomic E-state index is -0.706. The van der Waals surface area contributed by atoms with Crippen molar-refractivity contribution in [2.45, 2.75) is 43.5 Å². The molecule has 0 spiro atoms. The summed E-state index contributed by atoms with van der Waals surface area (Å²) >= 11 is 1.20. The number of H-pyrrole nitrogens is 1. The largest absolute Gasteiger partial charge is 0.343 e. The van der Waals surface area contributed by atoms with Gasteiger partial charge in [0.2, 0.25) is 0 Å². The topological polar surface area (TPSA) is 118 Å². The van der Waals surface area contributed by atoms with Gasteiger partial charge in [0.25, 0.3) is 11.2 Å². The van der Waals surface area contributed by atoms with Crippen LogP contribution in [-0.2, 0) is 10.5 Å². The molecule has 184 valence electrons. The number of non-ortho nitro benzene ring substituents is 1. The molecule has 5 rings (SSSR count). The maximum Gasteiger partial charge on any atom is 0.269 e. The maximum atomic E-state index is 14.1. The number of halogens is 1. The van der Waals surface area contributed by atoms with Gasteiger partial charge in [0.05, 0.1) is 10.5 Å². The molecule has 0 radical (unpaired) electrons. The van der Waals surface area contributed by atoms with Crippen LogP contribution in [0.2, 0.25) is 0 Å². The standard InChI is InChI=1S/C26H23FN4O4S/c1-26(2)11-18-21(19(32)12-26)20(14-7-9-16(10-8-14)31(34)35)22-23(28-18)29-25(30-24(22)33)36-13-15-5-3-4-6-17(15)27/h3-10,20H,11-13H2,1-2H3,(H2,28,29,30,33)/t20-/m1/s1. The van der Waals surface area contributed by atoms with Gasteiger partial charge in [0, 0.05) is 41.5 Å². The lowest BCUT2D eigenvalue weighted by Gasteiger charge is -2.38. The molecule has 0 unspecified atom stereocenters. The first kappa shape index (κ1) is 23.9. The van der Waals surface area contributed by atoms with Gasteiger partial charge in [-0.1, -0.05) is 55.9 Å². The summed E-state index contributed by atoms with van der Waals surface area (Å²) in [5.41, 5.74) is 1.80. The van der Waals surface area contributed by atoms with E-state index in [-0.39, 0.29) is 34.0 Å². The highest BCUT2D eigenvalue weighted by molar-refractivity contribution is 7.98. The van der Waals surface area contributed by atoms with E-state index in [9.17, 15) is 24.1 Å². The third-order valence-corrected chi connectivity index (χ3v) is 7.38. The maximum absolute atomic E-state index is 14.1. The zero-order chi connectivity index (χ0) is 25.6. The predicted octanol–water partition coefficient (Wildman–Crippen LogP) is 5.31. The van der Waals surface area contributed by atoms with E-state index in [2.05, 4.69) is 15.3 Å². The monoisotopic (exact) mass is 506 g/mol. The molecule has 2 heterocycles. The Morgan fingerprint density at radius 1 is 1.14 bits per heavy atom. The molecule has 3 aromatic rings. The van der Waals surface area contributed by atoms with Crippen molar-refractivity contribution in [3.63, 3.8) is 0 Å². The molecule has 0 saturated carbocycles. The van der Waals surface area contributed by atoms with Crippen LogP contribution in [0.15, 0.2) is 69.8 Å². The number of nitro groups is 1. The quantitative estimate of drug-likeness (QED) is 0.208. The normalized spacial score (nSPS) is 18.3. The molecule has 2 aromatic carbocycles. The number of thioether (sulfide) groups is 1. The number of hydrogen-bond acceptors (Lipinski definition) is 7. The van der Waals surface area contributed by atoms with Gasteiger partial charge >= 0.3 is 0 Å². The Kier molecular flexibility index (Phi) is 5.99. The van der Waals surface area contributed by atoms with Gasteiger partial charge in [0.15, 0.2) is 10.9 Å². The van der Waals surface area contributed by atoms with Crippen molar-refractivity contribution in [2.75, 3.05) is 5.32 Å². The molecule has 1 aliphatic carbocycles. The summed E-state index contributed by atoms with van der Waals surface area (Å²) in [6.45, 7) is 4.02. The fraction of sp³-hybridized carbons (Fsp3) is 0.269. The van der Waals surface area contributed by atoms with Gasteiger partial charge in [0.1, 0.15) is 11.6 Å². The lowest BCUT2D eigenvalue weighted by Crippen LogP contribution is -2.37. The molecular weight excluding hydrogens is 483 g/mol. The number of anilines is 1. The number of nitrogens with one attached hydrogen (secondary N) is 2. The van der Waals surface area contributed by atoms with E-state index in [4.69, 9.17) is 0 Å². The summed E-state index contributed by atoms with van der Waals surface area (Å²) in [5, 5.41) is 14.7. The van der Waals surface area contributed by atoms with Crippen LogP contribution in [0.4, 0.5) is 15.9 Å². The minimum absolute atomic E-state index is 0.0693. The van der Waals surface area contributed by atoms with Gasteiger partial charge in [-0.15, -0.1) is 0 Å². The van der Waals surface area contributed by atoms with E-state index in [1.165, 1.54) is 30.0 Å². The molecule has 8 nitrogen and oxygen atoms in total. The molecule has 1 atom stereocenters. The molecule has 2 N–H and O–H groups in total. The first-order chi connectivity index (χ1) is 17.1. The Labute approximate surface area is 210 Å². The second kappa shape index (κ2) is 9.02. The highest BCUT2D eigenvalue weighted by Crippen LogP contribution is 2.47. The third-order valence-electron chi connectivity index (χ3n) is 6.46. The molecule has 1 aromatic heterocycles. The average molecular weight is 507 g/mol. The third kappa shape index (κ3) is 4.44. The molecular formula is C26H23FN4O4S. The van der Waals surface area contributed by atoms with E-state index >= 15 is 0 Å². The Morgan fingerprint density at radius 2 is 1.86 bits per heavy atom. The molecule has 0 bridgehead atoms. The second-order valence-electron chi connectivity index (χ2n) is 9.75. The first-order valence-corrected chi connectivity index (χ1v) is 12.4. The first-order valence-electron chi connectivity index (χ1n) is 11.4. The highest BCUT2D eigenvalue weighted by atomic mass is 32.2. The number of nitrogens with zero attached hydrogens (tertiary/aromatic N) is 2. The van der Waals surface area contributed by atoms with E-state index in [0.717, 1.165) is 0 Å². The van der Waals surface area contributed by atoms with Crippen molar-refractivity contribution in [3.8, 4) is 0 Å². The van der Waals surface area contributed by atoms with Crippen LogP contribution >= 0.6 is 11.8 Å². The number of Topliss-reactive ketones (excluding diaryl/α,β-unsaturated/α-hetero) is 1. The number of aromatic nitrogens is 2. The van der Waals surface area contributed by atoms with Gasteiger partial charge in [-0.05, 0) is 29.0 Å². The lowest BCUT2D eigenvalue weighted by molar-refractivity contribution is -0.384. The number of aromatic amines is 1. The predicted molar refractivity (Wildman–Crippen MR) is 134 cm³/mol. The van der Waals surface area contributed by atoms with Gasteiger partial charge in [-0.2, -0.15) is 0 Å². The summed E-state index contributed by atoms with van der Waals surface area (Å²) < 4.78 is 14.1. The number of rotatable bonds is 5. The van der Waals surface area contributed by atoms with Crippen molar-refractivity contribution in [2.24, 2.45) is 5.41 Å². The Bertz CT molecular complexity index is 1480. The van der Waals surface area contributed by atoms with Gasteiger partial charge < -0.3 is 10.3 Å². The van der Waals surface area contributed by atoms with Gasteiger partial charge in [-0.3, -0.25) is 19.7 Å². The molecule has 0 amide bonds. The minimum Gasteiger partial charge on any atom is -0.343 e. The Hall–Kier alpha value is -3.79. The molecule has 2 aliphatic rings. The number of hydrogen-bond donors (Lipinski definition) is 2. The molecule has 0 fully saturated rings. The van der Waals surface area contributed by atoms with Crippen LogP contribution in [0.5, 0.6) is 0 Å². The fourth-order valence-electron chi connectivity index (χ4n) is 4.85. The number of fused-ring (bicyclic) bond motifs is 1. The molecule has 36 heavy (non-hydrogen) atoms. The molecule has 0 saturated heterocycles. The number of benzene rings is 2. The Morgan fingerprint density at radius 3 is 2.56 bits per heavy atom. The molecule has 1 aliphatic heterocycles. The van der Waals surface area contributed by atoms with E-state index in [1.807, 2.05) is 13.8 Å². The lowest BCUT2D eigenvalue weighted by atomic mass is 9.69. The summed E-state index contributed by atoms with van der Waals surface area (Å²) in [6, 6.07) is 12.3. The van der Waals surface area contributed by atoms with Crippen molar-refractivity contribution in [1.29, 1.82) is 0 Å². The summed E-state index contributed by atoms with van der Waals surface area (Å²) in [4.78, 5) is 44.7. The number of carbonyl (C=O) groups excluding carboxylic acids is 1. The van der Waals surface area contributed by atoms with Crippen LogP contribution in [0.3, 0.4) is 0 Å². The zero-order valence-electron chi connectivity index (χ0n) is 19.6. The van der Waals surface area contributed by atoms with Crippen LogP contribution in [0.25, 0.3) is 0 Å². The van der Waals surface area contributed by atoms with Crippen molar-refractivity contribution in [3.05, 3.63) is 103 Å². The fourth-order valence-corrected chi connectivity index (χ4v) is 5.69. The number of nitro benzene ring substituents is 1. The van der Waals surface area contributed by atoms with E-state index < -0.39 is 16.4 Å². The van der Waals surface area contributed by atoms with Crippen molar-refractivity contribution < 1.29 is 14.1 Å². The zero-order valence-corrected chi connectivity index (χ0v) is 20.4.